The highest BCUT2D eigenvalue weighted by Crippen LogP contribution is 2.15. The molecule has 0 aromatic carbocycles. The highest BCUT2D eigenvalue weighted by Gasteiger charge is 2.22. The van der Waals surface area contributed by atoms with Crippen LogP contribution in [0.15, 0.2) is 36.5 Å². The van der Waals surface area contributed by atoms with E-state index < -0.39 is 24.2 Å². The fraction of sp³-hybridized carbons (Fsp3) is 0.844. The van der Waals surface area contributed by atoms with Crippen LogP contribution in [0.2, 0.25) is 0 Å². The lowest BCUT2D eigenvalue weighted by molar-refractivity contribution is -0.131. The number of allylic oxidation sites excluding steroid dienone is 5. The van der Waals surface area contributed by atoms with Crippen LogP contribution in [0.4, 0.5) is 0 Å². The second kappa shape index (κ2) is 40.3. The molecule has 5 heteroatoms. The van der Waals surface area contributed by atoms with E-state index in [1.807, 2.05) is 6.08 Å². The maximum absolute atomic E-state index is 12.4. The van der Waals surface area contributed by atoms with Crippen LogP contribution in [0.1, 0.15) is 219 Å². The van der Waals surface area contributed by atoms with Gasteiger partial charge in [0.1, 0.15) is 6.10 Å². The fourth-order valence-corrected chi connectivity index (χ4v) is 6.49. The summed E-state index contributed by atoms with van der Waals surface area (Å²) in [5.41, 5.74) is 0. The zero-order chi connectivity index (χ0) is 36.6. The second-order valence-electron chi connectivity index (χ2n) is 14.9. The van der Waals surface area contributed by atoms with Gasteiger partial charge in [-0.05, 0) is 57.8 Å². The standard InChI is InChI=1S/C45H85NO4/c1-3-5-7-9-11-13-15-17-18-19-20-21-22-23-24-25-26-27-28-30-32-34-36-38-40-44(49)45(50)46-42(41-47)43(48)39-37-35-33-31-29-16-14-12-10-8-6-4-2/h23-24,29,31,37,39,42-44,47-49H,3-22,25-28,30,32-36,38,40-41H2,1-2H3,(H,46,50)/b24-23-,31-29+,39-37+. The lowest BCUT2D eigenvalue weighted by Gasteiger charge is -2.21. The van der Waals surface area contributed by atoms with Gasteiger partial charge in [0.05, 0.1) is 18.8 Å². The molecule has 3 atom stereocenters. The monoisotopic (exact) mass is 704 g/mol. The molecule has 4 N–H and O–H groups in total. The summed E-state index contributed by atoms with van der Waals surface area (Å²) in [4.78, 5) is 12.4. The molecular weight excluding hydrogens is 618 g/mol. The van der Waals surface area contributed by atoms with Gasteiger partial charge in [0, 0.05) is 0 Å². The molecule has 0 aliphatic carbocycles. The molecule has 5 nitrogen and oxygen atoms in total. The third-order valence-corrected chi connectivity index (χ3v) is 9.95. The first-order valence-electron chi connectivity index (χ1n) is 21.8. The van der Waals surface area contributed by atoms with Crippen molar-refractivity contribution < 1.29 is 20.1 Å². The van der Waals surface area contributed by atoms with Crippen molar-refractivity contribution in [1.82, 2.24) is 5.32 Å². The normalized spacial score (nSPS) is 13.9. The molecule has 1 amide bonds. The number of rotatable bonds is 39. The molecule has 50 heavy (non-hydrogen) atoms. The molecule has 0 bridgehead atoms. The lowest BCUT2D eigenvalue weighted by Crippen LogP contribution is -2.48. The largest absolute Gasteiger partial charge is 0.394 e. The Morgan fingerprint density at radius 1 is 0.480 bits per heavy atom. The Kier molecular flexibility index (Phi) is 39.2. The minimum absolute atomic E-state index is 0.377. The van der Waals surface area contributed by atoms with Crippen molar-refractivity contribution in [3.63, 3.8) is 0 Å². The maximum Gasteiger partial charge on any atom is 0.249 e. The van der Waals surface area contributed by atoms with E-state index in [2.05, 4.69) is 43.5 Å². The van der Waals surface area contributed by atoms with Crippen LogP contribution in [-0.4, -0.2) is 46.1 Å². The predicted molar refractivity (Wildman–Crippen MR) is 218 cm³/mol. The summed E-state index contributed by atoms with van der Waals surface area (Å²) in [7, 11) is 0. The van der Waals surface area contributed by atoms with Gasteiger partial charge in [-0.15, -0.1) is 0 Å². The van der Waals surface area contributed by atoms with E-state index in [0.717, 1.165) is 38.5 Å². The van der Waals surface area contributed by atoms with Crippen molar-refractivity contribution in [2.24, 2.45) is 0 Å². The van der Waals surface area contributed by atoms with Gasteiger partial charge in [-0.3, -0.25) is 4.79 Å². The summed E-state index contributed by atoms with van der Waals surface area (Å²) in [6.45, 7) is 4.15. The van der Waals surface area contributed by atoms with E-state index in [0.29, 0.717) is 6.42 Å². The quantitative estimate of drug-likeness (QED) is 0.0379. The van der Waals surface area contributed by atoms with Crippen molar-refractivity contribution in [3.8, 4) is 0 Å². The van der Waals surface area contributed by atoms with Crippen LogP contribution >= 0.6 is 0 Å². The van der Waals surface area contributed by atoms with Gasteiger partial charge in [-0.2, -0.15) is 0 Å². The molecule has 0 heterocycles. The molecule has 3 unspecified atom stereocenters. The number of aliphatic hydroxyl groups excluding tert-OH is 3. The van der Waals surface area contributed by atoms with Crippen LogP contribution in [-0.2, 0) is 4.79 Å². The van der Waals surface area contributed by atoms with Crippen molar-refractivity contribution in [1.29, 1.82) is 0 Å². The van der Waals surface area contributed by atoms with E-state index >= 15 is 0 Å². The van der Waals surface area contributed by atoms with E-state index in [1.165, 1.54) is 161 Å². The summed E-state index contributed by atoms with van der Waals surface area (Å²) >= 11 is 0. The predicted octanol–water partition coefficient (Wildman–Crippen LogP) is 12.4. The van der Waals surface area contributed by atoms with E-state index in [-0.39, 0.29) is 6.61 Å². The number of amides is 1. The third kappa shape index (κ3) is 35.0. The van der Waals surface area contributed by atoms with Gasteiger partial charge in [-0.25, -0.2) is 0 Å². The lowest BCUT2D eigenvalue weighted by atomic mass is 10.0. The molecule has 0 saturated heterocycles. The van der Waals surface area contributed by atoms with Crippen LogP contribution in [0.5, 0.6) is 0 Å². The van der Waals surface area contributed by atoms with Crippen LogP contribution in [0.3, 0.4) is 0 Å². The fourth-order valence-electron chi connectivity index (χ4n) is 6.49. The third-order valence-electron chi connectivity index (χ3n) is 9.95. The topological polar surface area (TPSA) is 89.8 Å². The first-order valence-corrected chi connectivity index (χ1v) is 21.8. The summed E-state index contributed by atoms with van der Waals surface area (Å²) in [6.07, 6.45) is 50.4. The maximum atomic E-state index is 12.4. The molecule has 0 rings (SSSR count). The van der Waals surface area contributed by atoms with Gasteiger partial charge in [0.25, 0.3) is 0 Å². The minimum Gasteiger partial charge on any atom is -0.394 e. The number of hydrogen-bond acceptors (Lipinski definition) is 4. The average molecular weight is 704 g/mol. The zero-order valence-corrected chi connectivity index (χ0v) is 33.3. The molecular formula is C45H85NO4. The van der Waals surface area contributed by atoms with Gasteiger partial charge < -0.3 is 20.6 Å². The van der Waals surface area contributed by atoms with Gasteiger partial charge in [0.2, 0.25) is 5.91 Å². The molecule has 294 valence electrons. The molecule has 0 spiro atoms. The van der Waals surface area contributed by atoms with E-state index in [4.69, 9.17) is 0 Å². The molecule has 0 aromatic rings. The summed E-state index contributed by atoms with van der Waals surface area (Å²) in [5, 5.41) is 33.0. The van der Waals surface area contributed by atoms with Crippen molar-refractivity contribution >= 4 is 5.91 Å². The molecule has 0 fully saturated rings. The van der Waals surface area contributed by atoms with Gasteiger partial charge >= 0.3 is 0 Å². The van der Waals surface area contributed by atoms with E-state index in [1.54, 1.807) is 6.08 Å². The first kappa shape index (κ1) is 48.6. The molecule has 0 aliphatic heterocycles. The summed E-state index contributed by atoms with van der Waals surface area (Å²) in [5.74, 6) is -0.516. The molecule has 0 radical (unpaired) electrons. The highest BCUT2D eigenvalue weighted by atomic mass is 16.3. The van der Waals surface area contributed by atoms with Crippen molar-refractivity contribution in [3.05, 3.63) is 36.5 Å². The summed E-state index contributed by atoms with van der Waals surface area (Å²) < 4.78 is 0. The highest BCUT2D eigenvalue weighted by molar-refractivity contribution is 5.80. The average Bonchev–Trinajstić information content (AvgIpc) is 3.12. The zero-order valence-electron chi connectivity index (χ0n) is 33.3. The van der Waals surface area contributed by atoms with Crippen LogP contribution < -0.4 is 5.32 Å². The number of aliphatic hydroxyl groups is 3. The smallest absolute Gasteiger partial charge is 0.249 e. The molecule has 0 aromatic heterocycles. The SMILES string of the molecule is CCCCCCCC/C=C/CC/C=C/C(O)C(CO)NC(=O)C(O)CCCCCCCCCC/C=C\CCCCCCCCCCCCCC. The Hall–Kier alpha value is -1.43. The number of unbranched alkanes of at least 4 members (excludes halogenated alkanes) is 27. The number of carbonyl (C=O) groups excluding carboxylic acids is 1. The Balaban J connectivity index is 3.65. The second-order valence-corrected chi connectivity index (χ2v) is 14.9. The first-order chi connectivity index (χ1) is 24.6. The molecule has 0 aliphatic rings. The number of carbonyl (C=O) groups is 1. The minimum atomic E-state index is -1.11. The Morgan fingerprint density at radius 3 is 1.22 bits per heavy atom. The van der Waals surface area contributed by atoms with Crippen LogP contribution in [0, 0.1) is 0 Å². The number of hydrogen-bond donors (Lipinski definition) is 4. The number of nitrogens with one attached hydrogen (secondary N) is 1. The van der Waals surface area contributed by atoms with Crippen molar-refractivity contribution in [2.75, 3.05) is 6.61 Å². The van der Waals surface area contributed by atoms with Gasteiger partial charge in [-0.1, -0.05) is 198 Å². The Labute approximate surface area is 311 Å². The van der Waals surface area contributed by atoms with Crippen LogP contribution in [0.25, 0.3) is 0 Å². The van der Waals surface area contributed by atoms with Gasteiger partial charge in [0.15, 0.2) is 0 Å². The Morgan fingerprint density at radius 2 is 0.820 bits per heavy atom. The Bertz CT molecular complexity index is 779. The van der Waals surface area contributed by atoms with Crippen molar-refractivity contribution in [2.45, 2.75) is 238 Å². The van der Waals surface area contributed by atoms with E-state index in [9.17, 15) is 20.1 Å². The molecule has 0 saturated carbocycles. The summed E-state index contributed by atoms with van der Waals surface area (Å²) in [6, 6.07) is -0.814.